The molecule has 1 heterocycles. The average Bonchev–Trinajstić information content (AvgIpc) is 2.71. The first kappa shape index (κ1) is 10.5. The van der Waals surface area contributed by atoms with Crippen LogP contribution in [-0.2, 0) is 6.54 Å². The molecular formula is C11H10FN3O. The molecule has 0 saturated carbocycles. The maximum atomic E-state index is 13.0. The van der Waals surface area contributed by atoms with Crippen molar-refractivity contribution in [1.29, 1.82) is 0 Å². The fourth-order valence-corrected chi connectivity index (χ4v) is 1.51. The first-order valence-corrected chi connectivity index (χ1v) is 4.91. The number of carbonyl (C=O) groups is 1. The highest BCUT2D eigenvalue weighted by molar-refractivity contribution is 5.83. The molecule has 2 rings (SSSR count). The van der Waals surface area contributed by atoms with E-state index in [1.165, 1.54) is 16.8 Å². The summed E-state index contributed by atoms with van der Waals surface area (Å²) in [5.74, 6) is -0.361. The molecule has 0 fully saturated rings. The molecule has 5 heteroatoms. The Bertz CT molecular complexity index is 522. The molecule has 0 amide bonds. The Labute approximate surface area is 91.7 Å². The van der Waals surface area contributed by atoms with E-state index in [1.807, 2.05) is 6.92 Å². The van der Waals surface area contributed by atoms with Gasteiger partial charge in [0.2, 0.25) is 0 Å². The summed E-state index contributed by atoms with van der Waals surface area (Å²) in [5, 5.41) is 7.71. The van der Waals surface area contributed by atoms with Gasteiger partial charge in [0.05, 0.1) is 0 Å². The summed E-state index contributed by atoms with van der Waals surface area (Å²) in [5.41, 5.74) is 1.34. The first-order chi connectivity index (χ1) is 7.76. The number of hydrogen-bond donors (Lipinski definition) is 0. The summed E-state index contributed by atoms with van der Waals surface area (Å²) in [4.78, 5) is 10.9. The number of aromatic nitrogens is 3. The van der Waals surface area contributed by atoms with E-state index < -0.39 is 0 Å². The quantitative estimate of drug-likeness (QED) is 0.741. The van der Waals surface area contributed by atoms with Crippen LogP contribution in [0.25, 0.3) is 11.3 Å². The number of hydrogen-bond acceptors (Lipinski definition) is 3. The van der Waals surface area contributed by atoms with Crippen molar-refractivity contribution >= 4 is 6.29 Å². The molecule has 0 aliphatic rings. The Morgan fingerprint density at radius 2 is 2.31 bits per heavy atom. The molecule has 0 aliphatic heterocycles. The minimum Gasteiger partial charge on any atom is -0.296 e. The molecular weight excluding hydrogens is 209 g/mol. The molecule has 0 radical (unpaired) electrons. The van der Waals surface area contributed by atoms with Crippen LogP contribution in [0.3, 0.4) is 0 Å². The number of aldehydes is 1. The van der Waals surface area contributed by atoms with E-state index >= 15 is 0 Å². The Hall–Kier alpha value is -2.04. The van der Waals surface area contributed by atoms with Gasteiger partial charge in [-0.25, -0.2) is 9.07 Å². The largest absolute Gasteiger partial charge is 0.296 e. The van der Waals surface area contributed by atoms with Crippen LogP contribution in [0.5, 0.6) is 0 Å². The van der Waals surface area contributed by atoms with Crippen LogP contribution in [0.15, 0.2) is 24.3 Å². The molecule has 0 saturated heterocycles. The second kappa shape index (κ2) is 4.22. The second-order valence-electron chi connectivity index (χ2n) is 3.27. The van der Waals surface area contributed by atoms with Crippen molar-refractivity contribution in [3.05, 3.63) is 35.8 Å². The lowest BCUT2D eigenvalue weighted by Gasteiger charge is -1.99. The first-order valence-electron chi connectivity index (χ1n) is 4.91. The molecule has 0 aliphatic carbocycles. The molecule has 2 aromatic rings. The predicted octanol–water partition coefficient (Wildman–Crippen LogP) is 1.92. The second-order valence-corrected chi connectivity index (χ2v) is 3.27. The van der Waals surface area contributed by atoms with Crippen molar-refractivity contribution in [3.8, 4) is 11.3 Å². The van der Waals surface area contributed by atoms with Crippen molar-refractivity contribution in [2.75, 3.05) is 0 Å². The minimum atomic E-state index is -0.361. The Morgan fingerprint density at radius 1 is 1.50 bits per heavy atom. The van der Waals surface area contributed by atoms with Gasteiger partial charge >= 0.3 is 0 Å². The third-order valence-electron chi connectivity index (χ3n) is 2.28. The fraction of sp³-hybridized carbons (Fsp3) is 0.182. The molecule has 0 unspecified atom stereocenters. The monoisotopic (exact) mass is 219 g/mol. The van der Waals surface area contributed by atoms with Gasteiger partial charge in [0, 0.05) is 12.1 Å². The smallest absolute Gasteiger partial charge is 0.170 e. The van der Waals surface area contributed by atoms with E-state index in [-0.39, 0.29) is 5.82 Å². The molecule has 82 valence electrons. The topological polar surface area (TPSA) is 47.8 Å². The van der Waals surface area contributed by atoms with Crippen LogP contribution in [0.2, 0.25) is 0 Å². The molecule has 0 atom stereocenters. The standard InChI is InChI=1S/C11H10FN3O/c1-2-15-10(7-16)11(13-14-15)8-4-3-5-9(12)6-8/h3-7H,2H2,1H3. The lowest BCUT2D eigenvalue weighted by molar-refractivity contribution is 0.111. The molecule has 1 aromatic carbocycles. The van der Waals surface area contributed by atoms with E-state index in [4.69, 9.17) is 0 Å². The van der Waals surface area contributed by atoms with Crippen molar-refractivity contribution in [2.24, 2.45) is 0 Å². The highest BCUT2D eigenvalue weighted by atomic mass is 19.1. The van der Waals surface area contributed by atoms with Gasteiger partial charge in [-0.15, -0.1) is 5.10 Å². The summed E-state index contributed by atoms with van der Waals surface area (Å²) in [6.07, 6.45) is 0.684. The van der Waals surface area contributed by atoms with E-state index in [0.717, 1.165) is 0 Å². The van der Waals surface area contributed by atoms with E-state index in [0.29, 0.717) is 29.8 Å². The lowest BCUT2D eigenvalue weighted by Crippen LogP contribution is -2.01. The Morgan fingerprint density at radius 3 is 2.94 bits per heavy atom. The number of aryl methyl sites for hydroxylation is 1. The van der Waals surface area contributed by atoms with Gasteiger partial charge in [-0.05, 0) is 19.1 Å². The van der Waals surface area contributed by atoms with E-state index in [2.05, 4.69) is 10.3 Å². The van der Waals surface area contributed by atoms with Gasteiger partial charge in [0.25, 0.3) is 0 Å². The van der Waals surface area contributed by atoms with Gasteiger partial charge in [0.15, 0.2) is 6.29 Å². The van der Waals surface area contributed by atoms with Crippen LogP contribution in [-0.4, -0.2) is 21.3 Å². The van der Waals surface area contributed by atoms with Crippen molar-refractivity contribution in [2.45, 2.75) is 13.5 Å². The number of nitrogens with zero attached hydrogens (tertiary/aromatic N) is 3. The highest BCUT2D eigenvalue weighted by Crippen LogP contribution is 2.20. The Kier molecular flexibility index (Phi) is 2.76. The number of rotatable bonds is 3. The third kappa shape index (κ3) is 1.71. The number of benzene rings is 1. The number of halogens is 1. The van der Waals surface area contributed by atoms with Crippen molar-refractivity contribution in [1.82, 2.24) is 15.0 Å². The fourth-order valence-electron chi connectivity index (χ4n) is 1.51. The maximum absolute atomic E-state index is 13.0. The zero-order valence-electron chi connectivity index (χ0n) is 8.72. The van der Waals surface area contributed by atoms with Crippen LogP contribution < -0.4 is 0 Å². The SMILES string of the molecule is CCn1nnc(-c2cccc(F)c2)c1C=O. The summed E-state index contributed by atoms with van der Waals surface area (Å²) in [6, 6.07) is 5.94. The van der Waals surface area contributed by atoms with E-state index in [9.17, 15) is 9.18 Å². The van der Waals surface area contributed by atoms with Crippen LogP contribution in [0.4, 0.5) is 4.39 Å². The van der Waals surface area contributed by atoms with Gasteiger partial charge < -0.3 is 0 Å². The minimum absolute atomic E-state index is 0.361. The van der Waals surface area contributed by atoms with Crippen LogP contribution in [0.1, 0.15) is 17.4 Å². The highest BCUT2D eigenvalue weighted by Gasteiger charge is 2.13. The average molecular weight is 219 g/mol. The predicted molar refractivity (Wildman–Crippen MR) is 56.5 cm³/mol. The van der Waals surface area contributed by atoms with Gasteiger partial charge in [0.1, 0.15) is 17.2 Å². The summed E-state index contributed by atoms with van der Waals surface area (Å²) < 4.78 is 14.5. The zero-order chi connectivity index (χ0) is 11.5. The lowest BCUT2D eigenvalue weighted by atomic mass is 10.1. The molecule has 16 heavy (non-hydrogen) atoms. The van der Waals surface area contributed by atoms with Gasteiger partial charge in [-0.1, -0.05) is 17.3 Å². The molecule has 0 spiro atoms. The summed E-state index contributed by atoms with van der Waals surface area (Å²) in [7, 11) is 0. The Balaban J connectivity index is 2.55. The van der Waals surface area contributed by atoms with E-state index in [1.54, 1.807) is 12.1 Å². The summed E-state index contributed by atoms with van der Waals surface area (Å²) in [6.45, 7) is 2.41. The maximum Gasteiger partial charge on any atom is 0.170 e. The molecule has 0 N–H and O–H groups in total. The molecule has 4 nitrogen and oxygen atoms in total. The summed E-state index contributed by atoms with van der Waals surface area (Å²) >= 11 is 0. The van der Waals surface area contributed by atoms with Crippen molar-refractivity contribution in [3.63, 3.8) is 0 Å². The van der Waals surface area contributed by atoms with Crippen LogP contribution in [0, 0.1) is 5.82 Å². The van der Waals surface area contributed by atoms with Gasteiger partial charge in [-0.3, -0.25) is 4.79 Å². The van der Waals surface area contributed by atoms with Gasteiger partial charge in [-0.2, -0.15) is 0 Å². The normalized spacial score (nSPS) is 10.4. The number of carbonyl (C=O) groups excluding carboxylic acids is 1. The van der Waals surface area contributed by atoms with Crippen molar-refractivity contribution < 1.29 is 9.18 Å². The molecule has 0 bridgehead atoms. The van der Waals surface area contributed by atoms with Crippen LogP contribution >= 0.6 is 0 Å². The third-order valence-corrected chi connectivity index (χ3v) is 2.28. The zero-order valence-corrected chi connectivity index (χ0v) is 8.72. The molecule has 1 aromatic heterocycles.